The summed E-state index contributed by atoms with van der Waals surface area (Å²) in [5, 5.41) is 3.04. The lowest BCUT2D eigenvalue weighted by molar-refractivity contribution is -0.128. The quantitative estimate of drug-likeness (QED) is 0.457. The third-order valence-electron chi connectivity index (χ3n) is 6.67. The number of rotatable bonds is 7. The zero-order chi connectivity index (χ0) is 26.9. The Balaban J connectivity index is 1.64. The van der Waals surface area contributed by atoms with Crippen LogP contribution in [0.4, 0.5) is 5.69 Å². The van der Waals surface area contributed by atoms with E-state index < -0.39 is 16.1 Å². The number of sulfonamides is 1. The number of aryl methyl sites for hydroxylation is 2. The molecule has 1 N–H and O–H groups in total. The third kappa shape index (κ3) is 5.30. The number of anilines is 1. The van der Waals surface area contributed by atoms with Crippen molar-refractivity contribution in [2.75, 3.05) is 18.0 Å². The number of ether oxygens (including phenoxy) is 2. The van der Waals surface area contributed by atoms with Crippen molar-refractivity contribution >= 4 is 21.6 Å². The van der Waals surface area contributed by atoms with E-state index in [4.69, 9.17) is 9.47 Å². The van der Waals surface area contributed by atoms with Gasteiger partial charge in [-0.15, -0.1) is 0 Å². The second-order valence-electron chi connectivity index (χ2n) is 9.76. The highest BCUT2D eigenvalue weighted by molar-refractivity contribution is 7.92. The van der Waals surface area contributed by atoms with E-state index in [1.165, 1.54) is 4.31 Å². The molecule has 0 saturated carbocycles. The average molecular weight is 523 g/mol. The van der Waals surface area contributed by atoms with Crippen LogP contribution in [0.3, 0.4) is 0 Å². The number of nitrogens with one attached hydrogen (secondary N) is 1. The molecule has 0 aliphatic carbocycles. The largest absolute Gasteiger partial charge is 0.496 e. The lowest BCUT2D eigenvalue weighted by Crippen LogP contribution is -2.51. The maximum absolute atomic E-state index is 13.6. The molecule has 0 bridgehead atoms. The number of amides is 1. The summed E-state index contributed by atoms with van der Waals surface area (Å²) in [4.78, 5) is 13.6. The molecule has 0 spiro atoms. The summed E-state index contributed by atoms with van der Waals surface area (Å²) in [6.07, 6.45) is -1.01. The van der Waals surface area contributed by atoms with Gasteiger partial charge in [0.05, 0.1) is 30.3 Å². The topological polar surface area (TPSA) is 84.9 Å². The maximum atomic E-state index is 13.6. The van der Waals surface area contributed by atoms with Crippen LogP contribution in [0.2, 0.25) is 0 Å². The van der Waals surface area contributed by atoms with Crippen LogP contribution in [-0.2, 0) is 14.8 Å². The minimum absolute atomic E-state index is 0.134. The van der Waals surface area contributed by atoms with Gasteiger partial charge in [0.1, 0.15) is 11.5 Å². The Morgan fingerprint density at radius 2 is 1.73 bits per heavy atom. The minimum Gasteiger partial charge on any atom is -0.496 e. The van der Waals surface area contributed by atoms with E-state index in [0.29, 0.717) is 11.4 Å². The molecule has 0 radical (unpaired) electrons. The molecule has 8 heteroatoms. The van der Waals surface area contributed by atoms with Crippen LogP contribution in [0.1, 0.15) is 55.0 Å². The average Bonchev–Trinajstić information content (AvgIpc) is 2.87. The normalized spacial score (nSPS) is 16.1. The molecule has 0 fully saturated rings. The van der Waals surface area contributed by atoms with E-state index in [1.807, 2.05) is 32.9 Å². The summed E-state index contributed by atoms with van der Waals surface area (Å²) in [6, 6.07) is 17.3. The molecule has 1 heterocycles. The van der Waals surface area contributed by atoms with Gasteiger partial charge in [-0.3, -0.25) is 9.10 Å². The first-order chi connectivity index (χ1) is 17.5. The van der Waals surface area contributed by atoms with Crippen LogP contribution in [0.15, 0.2) is 65.6 Å². The Labute approximate surface area is 219 Å². The molecule has 4 rings (SSSR count). The van der Waals surface area contributed by atoms with Gasteiger partial charge in [-0.2, -0.15) is 0 Å². The number of carbonyl (C=O) groups excluding carboxylic acids is 1. The monoisotopic (exact) mass is 522 g/mol. The fraction of sp³-hybridized carbons (Fsp3) is 0.345. The van der Waals surface area contributed by atoms with Crippen LogP contribution in [-0.4, -0.2) is 34.1 Å². The van der Waals surface area contributed by atoms with Crippen molar-refractivity contribution in [2.24, 2.45) is 0 Å². The minimum atomic E-state index is -3.91. The van der Waals surface area contributed by atoms with Gasteiger partial charge in [0, 0.05) is 0 Å². The molecule has 0 unspecified atom stereocenters. The summed E-state index contributed by atoms with van der Waals surface area (Å²) >= 11 is 0. The lowest BCUT2D eigenvalue weighted by Gasteiger charge is -2.35. The van der Waals surface area contributed by atoms with Gasteiger partial charge in [-0.05, 0) is 85.3 Å². The molecule has 0 aromatic heterocycles. The SMILES string of the molecule is COc1cc(C)c([C@@H](C)NC(=O)[C@H]2CN(S(=O)(=O)c3ccccc3)c3cc(C)ccc3O2)cc1C(C)C. The van der Waals surface area contributed by atoms with Gasteiger partial charge in [0.25, 0.3) is 15.9 Å². The molecule has 7 nitrogen and oxygen atoms in total. The molecule has 2 atom stereocenters. The number of fused-ring (bicyclic) bond motifs is 1. The van der Waals surface area contributed by atoms with Crippen molar-refractivity contribution in [3.05, 3.63) is 82.9 Å². The molecule has 1 aliphatic heterocycles. The van der Waals surface area contributed by atoms with E-state index in [1.54, 1.807) is 49.6 Å². The summed E-state index contributed by atoms with van der Waals surface area (Å²) < 4.78 is 40.1. The highest BCUT2D eigenvalue weighted by atomic mass is 32.2. The van der Waals surface area contributed by atoms with Crippen molar-refractivity contribution in [2.45, 2.75) is 57.6 Å². The zero-order valence-corrected chi connectivity index (χ0v) is 22.9. The fourth-order valence-electron chi connectivity index (χ4n) is 4.64. The molecule has 196 valence electrons. The lowest BCUT2D eigenvalue weighted by atomic mass is 9.93. The van der Waals surface area contributed by atoms with E-state index in [-0.39, 0.29) is 29.3 Å². The van der Waals surface area contributed by atoms with Crippen LogP contribution in [0, 0.1) is 13.8 Å². The summed E-state index contributed by atoms with van der Waals surface area (Å²) in [6.45, 7) is 9.83. The summed E-state index contributed by atoms with van der Waals surface area (Å²) in [7, 11) is -2.26. The van der Waals surface area contributed by atoms with Gasteiger partial charge >= 0.3 is 0 Å². The number of methoxy groups -OCH3 is 1. The molecule has 1 aliphatic rings. The van der Waals surface area contributed by atoms with Crippen molar-refractivity contribution in [3.8, 4) is 11.5 Å². The number of nitrogens with zero attached hydrogens (tertiary/aromatic N) is 1. The fourth-order valence-corrected chi connectivity index (χ4v) is 6.13. The first-order valence-corrected chi connectivity index (χ1v) is 13.8. The number of carbonyl (C=O) groups is 1. The predicted octanol–water partition coefficient (Wildman–Crippen LogP) is 5.27. The second kappa shape index (κ2) is 10.5. The van der Waals surface area contributed by atoms with Crippen LogP contribution in [0.5, 0.6) is 11.5 Å². The van der Waals surface area contributed by atoms with Gasteiger partial charge in [0.2, 0.25) is 0 Å². The Hall–Kier alpha value is -3.52. The third-order valence-corrected chi connectivity index (χ3v) is 8.47. The molecule has 1 amide bonds. The molecule has 0 saturated heterocycles. The van der Waals surface area contributed by atoms with Gasteiger partial charge < -0.3 is 14.8 Å². The van der Waals surface area contributed by atoms with Crippen LogP contribution < -0.4 is 19.1 Å². The van der Waals surface area contributed by atoms with E-state index >= 15 is 0 Å². The maximum Gasteiger partial charge on any atom is 0.264 e. The zero-order valence-electron chi connectivity index (χ0n) is 22.1. The Bertz CT molecular complexity index is 1400. The summed E-state index contributed by atoms with van der Waals surface area (Å²) in [5.74, 6) is 1.04. The highest BCUT2D eigenvalue weighted by Gasteiger charge is 2.38. The van der Waals surface area contributed by atoms with Crippen molar-refractivity contribution in [1.29, 1.82) is 0 Å². The van der Waals surface area contributed by atoms with Crippen molar-refractivity contribution < 1.29 is 22.7 Å². The molecule has 37 heavy (non-hydrogen) atoms. The van der Waals surface area contributed by atoms with Crippen LogP contribution in [0.25, 0.3) is 0 Å². The summed E-state index contributed by atoms with van der Waals surface area (Å²) in [5.41, 5.74) is 4.34. The van der Waals surface area contributed by atoms with Crippen molar-refractivity contribution in [1.82, 2.24) is 5.32 Å². The molecular weight excluding hydrogens is 488 g/mol. The van der Waals surface area contributed by atoms with E-state index in [2.05, 4.69) is 25.2 Å². The van der Waals surface area contributed by atoms with Gasteiger partial charge in [-0.25, -0.2) is 8.42 Å². The molecule has 3 aromatic carbocycles. The standard InChI is InChI=1S/C29H34N2O5S/c1-18(2)23-16-24(20(4)15-27(23)35-6)21(5)30-29(32)28-17-31(25-14-19(3)12-13-26(25)36-28)37(33,34)22-10-8-7-9-11-22/h7-16,18,21,28H,17H2,1-6H3,(H,30,32)/t21-,28-/m1/s1. The van der Waals surface area contributed by atoms with Crippen LogP contribution >= 0.6 is 0 Å². The Kier molecular flexibility index (Phi) is 7.50. The second-order valence-corrected chi connectivity index (χ2v) is 11.6. The number of hydrogen-bond donors (Lipinski definition) is 1. The van der Waals surface area contributed by atoms with Gasteiger partial charge in [-0.1, -0.05) is 38.1 Å². The van der Waals surface area contributed by atoms with E-state index in [9.17, 15) is 13.2 Å². The number of benzene rings is 3. The first kappa shape index (κ1) is 26.5. The van der Waals surface area contributed by atoms with E-state index in [0.717, 1.165) is 28.0 Å². The molecular formula is C29H34N2O5S. The van der Waals surface area contributed by atoms with Crippen molar-refractivity contribution in [3.63, 3.8) is 0 Å². The highest BCUT2D eigenvalue weighted by Crippen LogP contribution is 2.38. The first-order valence-electron chi connectivity index (χ1n) is 12.4. The smallest absolute Gasteiger partial charge is 0.264 e. The Morgan fingerprint density at radius 1 is 1.03 bits per heavy atom. The number of hydrogen-bond acceptors (Lipinski definition) is 5. The predicted molar refractivity (Wildman–Crippen MR) is 145 cm³/mol. The molecule has 3 aromatic rings. The Morgan fingerprint density at radius 3 is 2.38 bits per heavy atom. The van der Waals surface area contributed by atoms with Gasteiger partial charge in [0.15, 0.2) is 6.10 Å².